The zero-order valence-electron chi connectivity index (χ0n) is 11.0. The Morgan fingerprint density at radius 2 is 1.33 bits per heavy atom. The number of rotatable bonds is 2. The van der Waals surface area contributed by atoms with Crippen LogP contribution in [0.2, 0.25) is 0 Å². The van der Waals surface area contributed by atoms with Crippen molar-refractivity contribution in [1.29, 1.82) is 0 Å². The van der Waals surface area contributed by atoms with Crippen molar-refractivity contribution >= 4 is 0 Å². The molecule has 0 saturated heterocycles. The van der Waals surface area contributed by atoms with E-state index < -0.39 is 0 Å². The van der Waals surface area contributed by atoms with E-state index in [2.05, 4.69) is 32.0 Å². The summed E-state index contributed by atoms with van der Waals surface area (Å²) in [6.07, 6.45) is 0.766. The maximum absolute atomic E-state index is 9.56. The number of phenolic OH excluding ortho intramolecular Hbond substituents is 2. The van der Waals surface area contributed by atoms with Gasteiger partial charge in [-0.05, 0) is 56.0 Å². The summed E-state index contributed by atoms with van der Waals surface area (Å²) in [6, 6.07) is 9.69. The summed E-state index contributed by atoms with van der Waals surface area (Å²) >= 11 is 0. The van der Waals surface area contributed by atoms with Crippen molar-refractivity contribution in [3.05, 3.63) is 58.1 Å². The molecule has 0 aliphatic heterocycles. The van der Waals surface area contributed by atoms with E-state index in [9.17, 15) is 10.2 Å². The normalized spacial score (nSPS) is 10.6. The van der Waals surface area contributed by atoms with Crippen LogP contribution in [0.4, 0.5) is 0 Å². The highest BCUT2D eigenvalue weighted by molar-refractivity contribution is 5.47. The Labute approximate surface area is 108 Å². The average Bonchev–Trinajstić information content (AvgIpc) is 2.24. The maximum atomic E-state index is 9.56. The van der Waals surface area contributed by atoms with Gasteiger partial charge in [-0.2, -0.15) is 0 Å². The van der Waals surface area contributed by atoms with Gasteiger partial charge in [-0.3, -0.25) is 0 Å². The van der Waals surface area contributed by atoms with E-state index >= 15 is 0 Å². The van der Waals surface area contributed by atoms with Crippen molar-refractivity contribution in [3.8, 4) is 11.5 Å². The second kappa shape index (κ2) is 4.73. The van der Waals surface area contributed by atoms with Crippen molar-refractivity contribution in [2.24, 2.45) is 0 Å². The number of aryl methyl sites for hydroxylation is 3. The Hall–Kier alpha value is -1.96. The number of hydrogen-bond donors (Lipinski definition) is 2. The summed E-state index contributed by atoms with van der Waals surface area (Å²) in [7, 11) is 0. The fourth-order valence-electron chi connectivity index (χ4n) is 2.31. The first kappa shape index (κ1) is 12.5. The van der Waals surface area contributed by atoms with Crippen LogP contribution >= 0.6 is 0 Å². The monoisotopic (exact) mass is 242 g/mol. The lowest BCUT2D eigenvalue weighted by Gasteiger charge is -2.09. The first-order chi connectivity index (χ1) is 8.45. The second-order valence-electron chi connectivity index (χ2n) is 4.94. The van der Waals surface area contributed by atoms with Crippen LogP contribution in [0.5, 0.6) is 11.5 Å². The highest BCUT2D eigenvalue weighted by Gasteiger charge is 2.07. The van der Waals surface area contributed by atoms with Crippen LogP contribution in [0.15, 0.2) is 30.3 Å². The van der Waals surface area contributed by atoms with Gasteiger partial charge in [0.15, 0.2) is 11.5 Å². The molecule has 0 aliphatic carbocycles. The fourth-order valence-corrected chi connectivity index (χ4v) is 2.31. The van der Waals surface area contributed by atoms with Crippen LogP contribution in [0.25, 0.3) is 0 Å². The molecule has 0 unspecified atom stereocenters. The van der Waals surface area contributed by atoms with Crippen molar-refractivity contribution < 1.29 is 10.2 Å². The van der Waals surface area contributed by atoms with E-state index in [0.29, 0.717) is 0 Å². The predicted octanol–water partition coefficient (Wildman–Crippen LogP) is 3.61. The zero-order chi connectivity index (χ0) is 13.3. The van der Waals surface area contributed by atoms with Gasteiger partial charge in [0.1, 0.15) is 0 Å². The maximum Gasteiger partial charge on any atom is 0.157 e. The van der Waals surface area contributed by atoms with E-state index in [4.69, 9.17) is 0 Å². The van der Waals surface area contributed by atoms with Gasteiger partial charge in [0.2, 0.25) is 0 Å². The van der Waals surface area contributed by atoms with E-state index in [1.807, 2.05) is 6.92 Å². The van der Waals surface area contributed by atoms with Crippen LogP contribution in [-0.4, -0.2) is 10.2 Å². The Bertz CT molecular complexity index is 566. The topological polar surface area (TPSA) is 40.5 Å². The molecule has 0 aliphatic rings. The molecule has 0 spiro atoms. The average molecular weight is 242 g/mol. The Morgan fingerprint density at radius 3 is 1.94 bits per heavy atom. The van der Waals surface area contributed by atoms with E-state index in [-0.39, 0.29) is 11.5 Å². The summed E-state index contributed by atoms with van der Waals surface area (Å²) in [5.41, 5.74) is 5.73. The van der Waals surface area contributed by atoms with Crippen LogP contribution < -0.4 is 0 Å². The highest BCUT2D eigenvalue weighted by atomic mass is 16.3. The van der Waals surface area contributed by atoms with Gasteiger partial charge in [-0.15, -0.1) is 0 Å². The SMILES string of the molecule is Cc1cc(C)cc(Cc2cc(O)c(O)cc2C)c1. The molecule has 2 N–H and O–H groups in total. The molecule has 2 heteroatoms. The molecule has 0 saturated carbocycles. The summed E-state index contributed by atoms with van der Waals surface area (Å²) in [4.78, 5) is 0. The van der Waals surface area contributed by atoms with Crippen molar-refractivity contribution in [3.63, 3.8) is 0 Å². The summed E-state index contributed by atoms with van der Waals surface area (Å²) < 4.78 is 0. The van der Waals surface area contributed by atoms with Crippen molar-refractivity contribution in [2.45, 2.75) is 27.2 Å². The molecule has 0 radical (unpaired) electrons. The third-order valence-corrected chi connectivity index (χ3v) is 3.11. The molecule has 0 fully saturated rings. The van der Waals surface area contributed by atoms with Crippen LogP contribution in [0, 0.1) is 20.8 Å². The molecule has 18 heavy (non-hydrogen) atoms. The first-order valence-electron chi connectivity index (χ1n) is 6.04. The molecular formula is C16H18O2. The second-order valence-corrected chi connectivity index (χ2v) is 4.94. The molecule has 0 heterocycles. The lowest BCUT2D eigenvalue weighted by atomic mass is 9.97. The molecular weight excluding hydrogens is 224 g/mol. The van der Waals surface area contributed by atoms with Gasteiger partial charge in [-0.25, -0.2) is 0 Å². The Kier molecular flexibility index (Phi) is 3.28. The largest absolute Gasteiger partial charge is 0.504 e. The first-order valence-corrected chi connectivity index (χ1v) is 6.04. The van der Waals surface area contributed by atoms with E-state index in [1.165, 1.54) is 16.7 Å². The number of hydrogen-bond acceptors (Lipinski definition) is 2. The standard InChI is InChI=1S/C16H18O2/c1-10-4-11(2)6-13(5-10)8-14-9-16(18)15(17)7-12(14)3/h4-7,9,17-18H,8H2,1-3H3. The predicted molar refractivity (Wildman–Crippen MR) is 73.2 cm³/mol. The molecule has 94 valence electrons. The minimum absolute atomic E-state index is 0.0556. The minimum Gasteiger partial charge on any atom is -0.504 e. The molecule has 0 aromatic heterocycles. The highest BCUT2D eigenvalue weighted by Crippen LogP contribution is 2.29. The van der Waals surface area contributed by atoms with Gasteiger partial charge in [-0.1, -0.05) is 29.3 Å². The third kappa shape index (κ3) is 2.65. The molecule has 0 bridgehead atoms. The number of phenols is 2. The van der Waals surface area contributed by atoms with Gasteiger partial charge in [0.05, 0.1) is 0 Å². The Balaban J connectivity index is 2.36. The number of benzene rings is 2. The summed E-state index contributed by atoms with van der Waals surface area (Å²) in [5, 5.41) is 19.0. The molecule has 2 rings (SSSR count). The van der Waals surface area contributed by atoms with Crippen LogP contribution in [0.3, 0.4) is 0 Å². The van der Waals surface area contributed by atoms with Gasteiger partial charge >= 0.3 is 0 Å². The molecule has 2 aromatic carbocycles. The zero-order valence-corrected chi connectivity index (χ0v) is 11.0. The molecule has 0 amide bonds. The molecule has 2 nitrogen and oxygen atoms in total. The van der Waals surface area contributed by atoms with Crippen molar-refractivity contribution in [2.75, 3.05) is 0 Å². The van der Waals surface area contributed by atoms with Crippen molar-refractivity contribution in [1.82, 2.24) is 0 Å². The van der Waals surface area contributed by atoms with E-state index in [0.717, 1.165) is 17.5 Å². The molecule has 2 aromatic rings. The third-order valence-electron chi connectivity index (χ3n) is 3.11. The fraction of sp³-hybridized carbons (Fsp3) is 0.250. The van der Waals surface area contributed by atoms with Crippen LogP contribution in [-0.2, 0) is 6.42 Å². The van der Waals surface area contributed by atoms with Crippen LogP contribution in [0.1, 0.15) is 27.8 Å². The molecule has 0 atom stereocenters. The van der Waals surface area contributed by atoms with Gasteiger partial charge in [0, 0.05) is 0 Å². The minimum atomic E-state index is -0.0586. The Morgan fingerprint density at radius 1 is 0.778 bits per heavy atom. The summed E-state index contributed by atoms with van der Waals surface area (Å²) in [5.74, 6) is -0.114. The van der Waals surface area contributed by atoms with Gasteiger partial charge < -0.3 is 10.2 Å². The lowest BCUT2D eigenvalue weighted by Crippen LogP contribution is -1.93. The van der Waals surface area contributed by atoms with Gasteiger partial charge in [0.25, 0.3) is 0 Å². The lowest BCUT2D eigenvalue weighted by molar-refractivity contribution is 0.403. The number of aromatic hydroxyl groups is 2. The quantitative estimate of drug-likeness (QED) is 0.790. The smallest absolute Gasteiger partial charge is 0.157 e. The summed E-state index contributed by atoms with van der Waals surface area (Å²) in [6.45, 7) is 6.10. The van der Waals surface area contributed by atoms with E-state index in [1.54, 1.807) is 12.1 Å².